The minimum Gasteiger partial charge on any atom is -0.324 e. The molecule has 19 heavy (non-hydrogen) atoms. The summed E-state index contributed by atoms with van der Waals surface area (Å²) in [6, 6.07) is 16.7. The van der Waals surface area contributed by atoms with Gasteiger partial charge in [-0.3, -0.25) is 4.68 Å². The minimum absolute atomic E-state index is 0.0143. The Kier molecular flexibility index (Phi) is 3.05. The van der Waals surface area contributed by atoms with Gasteiger partial charge in [0.15, 0.2) is 0 Å². The molecule has 1 heterocycles. The Morgan fingerprint density at radius 1 is 1.11 bits per heavy atom. The molecule has 96 valence electrons. The number of rotatable bonds is 3. The van der Waals surface area contributed by atoms with Gasteiger partial charge in [0, 0.05) is 25.7 Å². The third-order valence-electron chi connectivity index (χ3n) is 3.40. The van der Waals surface area contributed by atoms with Gasteiger partial charge in [0.25, 0.3) is 0 Å². The van der Waals surface area contributed by atoms with Crippen LogP contribution in [0.3, 0.4) is 0 Å². The number of hydrogen-bond donors (Lipinski definition) is 1. The molecule has 1 atom stereocenters. The maximum atomic E-state index is 6.28. The lowest BCUT2D eigenvalue weighted by molar-refractivity contribution is 0.676. The van der Waals surface area contributed by atoms with Gasteiger partial charge in [-0.25, -0.2) is 0 Å². The predicted octanol–water partition coefficient (Wildman–Crippen LogP) is 2.82. The van der Waals surface area contributed by atoms with Crippen molar-refractivity contribution in [3.8, 4) is 0 Å². The summed E-state index contributed by atoms with van der Waals surface area (Å²) in [5.41, 5.74) is 8.47. The maximum Gasteiger partial charge on any atom is 0.0643 e. The van der Waals surface area contributed by atoms with Gasteiger partial charge < -0.3 is 5.73 Å². The molecule has 0 aliphatic rings. The molecule has 2 N–H and O–H groups in total. The van der Waals surface area contributed by atoms with Crippen molar-refractivity contribution in [3.63, 3.8) is 0 Å². The highest BCUT2D eigenvalue weighted by molar-refractivity contribution is 5.83. The molecule has 0 amide bonds. The lowest BCUT2D eigenvalue weighted by Crippen LogP contribution is -2.13. The highest BCUT2D eigenvalue weighted by Gasteiger charge is 2.09. The summed E-state index contributed by atoms with van der Waals surface area (Å²) in [6.07, 6.45) is 2.71. The third kappa shape index (κ3) is 2.51. The number of hydrogen-bond acceptors (Lipinski definition) is 2. The lowest BCUT2D eigenvalue weighted by Gasteiger charge is -2.11. The van der Waals surface area contributed by atoms with E-state index in [4.69, 9.17) is 5.73 Å². The molecule has 3 heteroatoms. The van der Waals surface area contributed by atoms with Crippen molar-refractivity contribution >= 4 is 10.8 Å². The van der Waals surface area contributed by atoms with E-state index in [1.54, 1.807) is 0 Å². The van der Waals surface area contributed by atoms with Gasteiger partial charge in [0.1, 0.15) is 0 Å². The number of aromatic nitrogens is 2. The standard InChI is InChI=1S/C16H17N3/c1-19-9-8-15(18-19)11-16(17)14-7-6-12-4-2-3-5-13(12)10-14/h2-10,16H,11,17H2,1H3. The molecule has 3 aromatic rings. The molecule has 0 saturated carbocycles. The smallest absolute Gasteiger partial charge is 0.0643 e. The van der Waals surface area contributed by atoms with E-state index in [0.29, 0.717) is 0 Å². The zero-order valence-corrected chi connectivity index (χ0v) is 11.0. The van der Waals surface area contributed by atoms with E-state index in [2.05, 4.69) is 47.6 Å². The quantitative estimate of drug-likeness (QED) is 0.778. The lowest BCUT2D eigenvalue weighted by atomic mass is 9.99. The Balaban J connectivity index is 1.86. The first-order valence-electron chi connectivity index (χ1n) is 6.45. The Morgan fingerprint density at radius 3 is 2.63 bits per heavy atom. The van der Waals surface area contributed by atoms with Crippen LogP contribution in [-0.2, 0) is 13.5 Å². The largest absolute Gasteiger partial charge is 0.324 e. The number of benzene rings is 2. The van der Waals surface area contributed by atoms with Crippen molar-refractivity contribution in [2.24, 2.45) is 12.8 Å². The normalized spacial score (nSPS) is 12.7. The first kappa shape index (κ1) is 11.9. The monoisotopic (exact) mass is 251 g/mol. The van der Waals surface area contributed by atoms with Crippen molar-refractivity contribution in [1.29, 1.82) is 0 Å². The van der Waals surface area contributed by atoms with E-state index in [-0.39, 0.29) is 6.04 Å². The highest BCUT2D eigenvalue weighted by atomic mass is 15.2. The Hall–Kier alpha value is -2.13. The SMILES string of the molecule is Cn1ccc(CC(N)c2ccc3ccccc3c2)n1. The highest BCUT2D eigenvalue weighted by Crippen LogP contribution is 2.21. The van der Waals surface area contributed by atoms with Gasteiger partial charge >= 0.3 is 0 Å². The van der Waals surface area contributed by atoms with Crippen LogP contribution in [0, 0.1) is 0 Å². The second-order valence-corrected chi connectivity index (χ2v) is 4.90. The molecule has 1 aromatic heterocycles. The molecule has 2 aromatic carbocycles. The predicted molar refractivity (Wildman–Crippen MR) is 77.8 cm³/mol. The Bertz CT molecular complexity index is 700. The first-order chi connectivity index (χ1) is 9.22. The van der Waals surface area contributed by atoms with Crippen LogP contribution in [0.25, 0.3) is 10.8 Å². The maximum absolute atomic E-state index is 6.28. The molecule has 0 radical (unpaired) electrons. The fraction of sp³-hybridized carbons (Fsp3) is 0.188. The molecule has 0 saturated heterocycles. The number of nitrogens with zero attached hydrogens (tertiary/aromatic N) is 2. The van der Waals surface area contributed by atoms with E-state index in [0.717, 1.165) is 17.7 Å². The van der Waals surface area contributed by atoms with Crippen LogP contribution in [0.1, 0.15) is 17.3 Å². The van der Waals surface area contributed by atoms with Crippen LogP contribution in [0.2, 0.25) is 0 Å². The van der Waals surface area contributed by atoms with Crippen molar-refractivity contribution in [1.82, 2.24) is 9.78 Å². The van der Waals surface area contributed by atoms with E-state index in [1.807, 2.05) is 24.0 Å². The molecule has 0 spiro atoms. The Morgan fingerprint density at radius 2 is 1.89 bits per heavy atom. The van der Waals surface area contributed by atoms with Crippen molar-refractivity contribution < 1.29 is 0 Å². The van der Waals surface area contributed by atoms with E-state index in [1.165, 1.54) is 10.8 Å². The molecule has 3 rings (SSSR count). The topological polar surface area (TPSA) is 43.8 Å². The summed E-state index contributed by atoms with van der Waals surface area (Å²) >= 11 is 0. The second kappa shape index (κ2) is 4.86. The Labute approximate surface area is 112 Å². The average Bonchev–Trinajstić information content (AvgIpc) is 2.83. The van der Waals surface area contributed by atoms with Gasteiger partial charge in [0.2, 0.25) is 0 Å². The minimum atomic E-state index is -0.0143. The van der Waals surface area contributed by atoms with Gasteiger partial charge in [-0.15, -0.1) is 0 Å². The van der Waals surface area contributed by atoms with Crippen LogP contribution in [0.15, 0.2) is 54.7 Å². The summed E-state index contributed by atoms with van der Waals surface area (Å²) in [7, 11) is 1.92. The fourth-order valence-corrected chi connectivity index (χ4v) is 2.35. The van der Waals surface area contributed by atoms with Crippen LogP contribution in [0.5, 0.6) is 0 Å². The summed E-state index contributed by atoms with van der Waals surface area (Å²) in [5, 5.41) is 6.85. The van der Waals surface area contributed by atoms with E-state index < -0.39 is 0 Å². The van der Waals surface area contributed by atoms with Crippen LogP contribution < -0.4 is 5.73 Å². The van der Waals surface area contributed by atoms with Crippen molar-refractivity contribution in [2.45, 2.75) is 12.5 Å². The van der Waals surface area contributed by atoms with E-state index >= 15 is 0 Å². The van der Waals surface area contributed by atoms with Gasteiger partial charge in [-0.2, -0.15) is 5.10 Å². The number of fused-ring (bicyclic) bond motifs is 1. The molecular weight excluding hydrogens is 234 g/mol. The van der Waals surface area contributed by atoms with Gasteiger partial charge in [0.05, 0.1) is 5.69 Å². The first-order valence-corrected chi connectivity index (χ1v) is 6.45. The van der Waals surface area contributed by atoms with Crippen molar-refractivity contribution in [2.75, 3.05) is 0 Å². The molecular formula is C16H17N3. The summed E-state index contributed by atoms with van der Waals surface area (Å²) < 4.78 is 1.81. The fourth-order valence-electron chi connectivity index (χ4n) is 2.35. The summed E-state index contributed by atoms with van der Waals surface area (Å²) in [5.74, 6) is 0. The van der Waals surface area contributed by atoms with E-state index in [9.17, 15) is 0 Å². The molecule has 1 unspecified atom stereocenters. The van der Waals surface area contributed by atoms with Crippen molar-refractivity contribution in [3.05, 3.63) is 66.0 Å². The third-order valence-corrected chi connectivity index (χ3v) is 3.40. The molecule has 0 aliphatic heterocycles. The molecule has 3 nitrogen and oxygen atoms in total. The molecule has 0 fully saturated rings. The second-order valence-electron chi connectivity index (χ2n) is 4.90. The van der Waals surface area contributed by atoms with Crippen LogP contribution in [0.4, 0.5) is 0 Å². The molecule has 0 bridgehead atoms. The summed E-state index contributed by atoms with van der Waals surface area (Å²) in [4.78, 5) is 0. The zero-order valence-electron chi connectivity index (χ0n) is 11.0. The van der Waals surface area contributed by atoms with Crippen LogP contribution in [-0.4, -0.2) is 9.78 Å². The number of nitrogens with two attached hydrogens (primary N) is 1. The van der Waals surface area contributed by atoms with Crippen LogP contribution >= 0.6 is 0 Å². The number of aryl methyl sites for hydroxylation is 1. The molecule has 0 aliphatic carbocycles. The van der Waals surface area contributed by atoms with Gasteiger partial charge in [-0.1, -0.05) is 36.4 Å². The average molecular weight is 251 g/mol. The zero-order chi connectivity index (χ0) is 13.2. The summed E-state index contributed by atoms with van der Waals surface area (Å²) in [6.45, 7) is 0. The van der Waals surface area contributed by atoms with Gasteiger partial charge in [-0.05, 0) is 28.5 Å².